The number of hydrogen-bond donors (Lipinski definition) is 2. The standard InChI is InChI=1S/C16H22F2N2O3/c1-22-15-13(17)9-11(10-14(15)18)20-16(21)19-7-4-6-12-5-2-3-8-23-12/h9-10,12H,2-8H2,1H3,(H2,19,20,21). The zero-order valence-electron chi connectivity index (χ0n) is 13.2. The molecule has 1 unspecified atom stereocenters. The number of anilines is 1. The fourth-order valence-corrected chi connectivity index (χ4v) is 2.57. The minimum absolute atomic E-state index is 0.0360. The van der Waals surface area contributed by atoms with Crippen LogP contribution in [0.3, 0.4) is 0 Å². The van der Waals surface area contributed by atoms with Crippen LogP contribution >= 0.6 is 0 Å². The van der Waals surface area contributed by atoms with Crippen molar-refractivity contribution in [2.24, 2.45) is 0 Å². The van der Waals surface area contributed by atoms with Gasteiger partial charge in [0.05, 0.1) is 13.2 Å². The molecule has 1 atom stereocenters. The highest BCUT2D eigenvalue weighted by Gasteiger charge is 2.14. The first-order chi connectivity index (χ1) is 11.1. The van der Waals surface area contributed by atoms with Crippen molar-refractivity contribution in [2.45, 2.75) is 38.2 Å². The van der Waals surface area contributed by atoms with Crippen molar-refractivity contribution in [2.75, 3.05) is 25.6 Å². The topological polar surface area (TPSA) is 59.6 Å². The van der Waals surface area contributed by atoms with E-state index in [4.69, 9.17) is 4.74 Å². The zero-order valence-corrected chi connectivity index (χ0v) is 13.2. The number of urea groups is 1. The highest BCUT2D eigenvalue weighted by molar-refractivity contribution is 5.89. The molecule has 1 aromatic rings. The maximum atomic E-state index is 13.5. The number of rotatable bonds is 6. The number of amides is 2. The molecule has 128 valence electrons. The third-order valence-electron chi connectivity index (χ3n) is 3.72. The molecule has 0 radical (unpaired) electrons. The molecule has 7 heteroatoms. The van der Waals surface area contributed by atoms with Gasteiger partial charge in [-0.15, -0.1) is 0 Å². The molecule has 2 rings (SSSR count). The van der Waals surface area contributed by atoms with Gasteiger partial charge in [-0.3, -0.25) is 0 Å². The molecule has 0 bridgehead atoms. The van der Waals surface area contributed by atoms with Crippen LogP contribution in [-0.2, 0) is 4.74 Å². The predicted octanol–water partition coefficient (Wildman–Crippen LogP) is 3.44. The highest BCUT2D eigenvalue weighted by atomic mass is 19.1. The lowest BCUT2D eigenvalue weighted by molar-refractivity contribution is 0.0103. The fourth-order valence-electron chi connectivity index (χ4n) is 2.57. The Hall–Kier alpha value is -1.89. The van der Waals surface area contributed by atoms with E-state index < -0.39 is 23.4 Å². The Morgan fingerprint density at radius 3 is 2.70 bits per heavy atom. The molecule has 23 heavy (non-hydrogen) atoms. The summed E-state index contributed by atoms with van der Waals surface area (Å²) in [6, 6.07) is 1.52. The third-order valence-corrected chi connectivity index (χ3v) is 3.72. The number of carbonyl (C=O) groups excluding carboxylic acids is 1. The summed E-state index contributed by atoms with van der Waals surface area (Å²) >= 11 is 0. The number of nitrogens with one attached hydrogen (secondary N) is 2. The Morgan fingerprint density at radius 2 is 2.09 bits per heavy atom. The monoisotopic (exact) mass is 328 g/mol. The molecule has 1 aliphatic rings. The van der Waals surface area contributed by atoms with Gasteiger partial charge in [0.15, 0.2) is 17.4 Å². The van der Waals surface area contributed by atoms with Crippen molar-refractivity contribution in [3.8, 4) is 5.75 Å². The van der Waals surface area contributed by atoms with E-state index in [2.05, 4.69) is 15.4 Å². The minimum atomic E-state index is -0.864. The Bertz CT molecular complexity index is 511. The largest absolute Gasteiger partial charge is 0.491 e. The van der Waals surface area contributed by atoms with Gasteiger partial charge in [0.1, 0.15) is 0 Å². The molecule has 0 spiro atoms. The quantitative estimate of drug-likeness (QED) is 0.787. The van der Waals surface area contributed by atoms with Crippen molar-refractivity contribution in [3.63, 3.8) is 0 Å². The molecule has 1 aromatic carbocycles. The van der Waals surface area contributed by atoms with Gasteiger partial charge in [-0.1, -0.05) is 0 Å². The van der Waals surface area contributed by atoms with Gasteiger partial charge in [-0.05, 0) is 32.1 Å². The van der Waals surface area contributed by atoms with E-state index in [9.17, 15) is 13.6 Å². The zero-order chi connectivity index (χ0) is 16.7. The number of ether oxygens (including phenoxy) is 2. The summed E-state index contributed by atoms with van der Waals surface area (Å²) in [6.45, 7) is 1.29. The summed E-state index contributed by atoms with van der Waals surface area (Å²) in [5, 5.41) is 5.05. The molecule has 2 amide bonds. The van der Waals surface area contributed by atoms with E-state index in [-0.39, 0.29) is 11.8 Å². The molecule has 5 nitrogen and oxygen atoms in total. The Labute approximate surface area is 134 Å². The second kappa shape index (κ2) is 8.67. The van der Waals surface area contributed by atoms with Gasteiger partial charge >= 0.3 is 6.03 Å². The second-order valence-corrected chi connectivity index (χ2v) is 5.48. The summed E-state index contributed by atoms with van der Waals surface area (Å²) in [5.74, 6) is -2.20. The Balaban J connectivity index is 1.72. The predicted molar refractivity (Wildman–Crippen MR) is 82.8 cm³/mol. The van der Waals surface area contributed by atoms with Crippen molar-refractivity contribution >= 4 is 11.7 Å². The van der Waals surface area contributed by atoms with Crippen molar-refractivity contribution in [3.05, 3.63) is 23.8 Å². The van der Waals surface area contributed by atoms with E-state index in [1.807, 2.05) is 0 Å². The molecule has 1 fully saturated rings. The molecule has 0 aliphatic carbocycles. The number of hydrogen-bond acceptors (Lipinski definition) is 3. The van der Waals surface area contributed by atoms with Crippen LogP contribution < -0.4 is 15.4 Å². The summed E-state index contributed by atoms with van der Waals surface area (Å²) in [6.07, 6.45) is 5.34. The van der Waals surface area contributed by atoms with E-state index in [0.29, 0.717) is 6.54 Å². The van der Waals surface area contributed by atoms with Crippen LogP contribution in [-0.4, -0.2) is 32.4 Å². The summed E-state index contributed by atoms with van der Waals surface area (Å²) in [5.41, 5.74) is 0.0360. The van der Waals surface area contributed by atoms with E-state index in [0.717, 1.165) is 44.4 Å². The summed E-state index contributed by atoms with van der Waals surface area (Å²) in [4.78, 5) is 11.7. The molecule has 1 aliphatic heterocycles. The van der Waals surface area contributed by atoms with Crippen LogP contribution in [0.25, 0.3) is 0 Å². The van der Waals surface area contributed by atoms with Crippen LogP contribution in [0.1, 0.15) is 32.1 Å². The van der Waals surface area contributed by atoms with Crippen LogP contribution in [0.2, 0.25) is 0 Å². The van der Waals surface area contributed by atoms with Gasteiger partial charge in [0.2, 0.25) is 0 Å². The smallest absolute Gasteiger partial charge is 0.319 e. The van der Waals surface area contributed by atoms with Crippen LogP contribution in [0.5, 0.6) is 5.75 Å². The average molecular weight is 328 g/mol. The van der Waals surface area contributed by atoms with E-state index in [1.165, 1.54) is 13.5 Å². The van der Waals surface area contributed by atoms with Gasteiger partial charge in [0, 0.05) is 31.0 Å². The number of carbonyl (C=O) groups is 1. The van der Waals surface area contributed by atoms with E-state index >= 15 is 0 Å². The third kappa shape index (κ3) is 5.35. The van der Waals surface area contributed by atoms with E-state index in [1.54, 1.807) is 0 Å². The van der Waals surface area contributed by atoms with Crippen LogP contribution in [0, 0.1) is 11.6 Å². The Kier molecular flexibility index (Phi) is 6.58. The van der Waals surface area contributed by atoms with Crippen LogP contribution in [0.4, 0.5) is 19.3 Å². The van der Waals surface area contributed by atoms with Gasteiger partial charge in [-0.2, -0.15) is 0 Å². The highest BCUT2D eigenvalue weighted by Crippen LogP contribution is 2.25. The first-order valence-corrected chi connectivity index (χ1v) is 7.79. The number of halogens is 2. The van der Waals surface area contributed by atoms with Crippen molar-refractivity contribution < 1.29 is 23.0 Å². The molecule has 1 saturated heterocycles. The minimum Gasteiger partial charge on any atom is -0.491 e. The lowest BCUT2D eigenvalue weighted by atomic mass is 10.0. The maximum absolute atomic E-state index is 13.5. The first kappa shape index (κ1) is 17.5. The molecule has 0 aromatic heterocycles. The fraction of sp³-hybridized carbons (Fsp3) is 0.562. The number of methoxy groups -OCH3 is 1. The lowest BCUT2D eigenvalue weighted by Gasteiger charge is -2.22. The average Bonchev–Trinajstić information content (AvgIpc) is 2.52. The molecule has 2 N–H and O–H groups in total. The van der Waals surface area contributed by atoms with Gasteiger partial charge in [-0.25, -0.2) is 13.6 Å². The molecular formula is C16H22F2N2O3. The van der Waals surface area contributed by atoms with Crippen molar-refractivity contribution in [1.82, 2.24) is 5.32 Å². The lowest BCUT2D eigenvalue weighted by Crippen LogP contribution is -2.30. The van der Waals surface area contributed by atoms with Gasteiger partial charge in [0.25, 0.3) is 0 Å². The molecule has 0 saturated carbocycles. The van der Waals surface area contributed by atoms with Crippen LogP contribution in [0.15, 0.2) is 12.1 Å². The van der Waals surface area contributed by atoms with Crippen molar-refractivity contribution in [1.29, 1.82) is 0 Å². The first-order valence-electron chi connectivity index (χ1n) is 7.79. The Morgan fingerprint density at radius 1 is 1.35 bits per heavy atom. The van der Waals surface area contributed by atoms with Gasteiger partial charge < -0.3 is 20.1 Å². The number of benzene rings is 1. The molecular weight excluding hydrogens is 306 g/mol. The molecule has 1 heterocycles. The summed E-state index contributed by atoms with van der Waals surface area (Å²) in [7, 11) is 1.18. The SMILES string of the molecule is COc1c(F)cc(NC(=O)NCCCC2CCCCO2)cc1F. The normalized spacial score (nSPS) is 17.6. The maximum Gasteiger partial charge on any atom is 0.319 e. The second-order valence-electron chi connectivity index (χ2n) is 5.48. The summed E-state index contributed by atoms with van der Waals surface area (Å²) < 4.78 is 37.2.